The Hall–Kier alpha value is -2.64. The number of carbonyl (C=O) groups excluding carboxylic acids is 1. The standard InChI is InChI=1S/C18H26N6O2/c1-21(2)16-12-17(25)24(20-13-16)14-18(26)23-10-4-3-6-15(23)7-11-22-9-5-8-19-22/h5,8-9,12-13,15H,3-4,6-7,10-11,14H2,1-2H3. The van der Waals surface area contributed by atoms with Gasteiger partial charge in [-0.15, -0.1) is 0 Å². The summed E-state index contributed by atoms with van der Waals surface area (Å²) in [6.45, 7) is 1.52. The van der Waals surface area contributed by atoms with Crippen molar-refractivity contribution in [2.45, 2.75) is 44.8 Å². The average Bonchev–Trinajstić information content (AvgIpc) is 3.15. The number of piperidine rings is 1. The minimum Gasteiger partial charge on any atom is -0.376 e. The third kappa shape index (κ3) is 4.30. The van der Waals surface area contributed by atoms with Crippen LogP contribution >= 0.6 is 0 Å². The second-order valence-electron chi connectivity index (χ2n) is 6.90. The predicted molar refractivity (Wildman–Crippen MR) is 99.0 cm³/mol. The molecule has 26 heavy (non-hydrogen) atoms. The molecule has 1 unspecified atom stereocenters. The quantitative estimate of drug-likeness (QED) is 0.769. The van der Waals surface area contributed by atoms with E-state index in [0.29, 0.717) is 0 Å². The van der Waals surface area contributed by atoms with Gasteiger partial charge in [0.1, 0.15) is 6.54 Å². The zero-order chi connectivity index (χ0) is 18.5. The second kappa shape index (κ2) is 8.16. The van der Waals surface area contributed by atoms with E-state index in [1.807, 2.05) is 40.8 Å². The summed E-state index contributed by atoms with van der Waals surface area (Å²) in [5.41, 5.74) is 0.475. The molecule has 1 aliphatic rings. The van der Waals surface area contributed by atoms with Crippen LogP contribution in [0.25, 0.3) is 0 Å². The lowest BCUT2D eigenvalue weighted by molar-refractivity contribution is -0.136. The number of anilines is 1. The van der Waals surface area contributed by atoms with Crippen molar-refractivity contribution in [2.24, 2.45) is 0 Å². The summed E-state index contributed by atoms with van der Waals surface area (Å²) < 4.78 is 3.14. The van der Waals surface area contributed by atoms with Crippen LogP contribution in [0.2, 0.25) is 0 Å². The predicted octanol–water partition coefficient (Wildman–Crippen LogP) is 0.977. The molecule has 8 heteroatoms. The fourth-order valence-corrected chi connectivity index (χ4v) is 3.35. The van der Waals surface area contributed by atoms with Crippen LogP contribution in [0.4, 0.5) is 5.69 Å². The first-order valence-corrected chi connectivity index (χ1v) is 9.06. The Morgan fingerprint density at radius 2 is 2.15 bits per heavy atom. The Balaban J connectivity index is 1.65. The number of aromatic nitrogens is 4. The largest absolute Gasteiger partial charge is 0.376 e. The number of rotatable bonds is 6. The smallest absolute Gasteiger partial charge is 0.269 e. The van der Waals surface area contributed by atoms with E-state index in [-0.39, 0.29) is 24.1 Å². The first-order valence-electron chi connectivity index (χ1n) is 9.06. The molecule has 3 rings (SSSR count). The highest BCUT2D eigenvalue weighted by Crippen LogP contribution is 2.20. The van der Waals surface area contributed by atoms with Crippen molar-refractivity contribution in [3.8, 4) is 0 Å². The van der Waals surface area contributed by atoms with Crippen molar-refractivity contribution in [3.63, 3.8) is 0 Å². The minimum atomic E-state index is -0.255. The molecule has 1 fully saturated rings. The van der Waals surface area contributed by atoms with Crippen LogP contribution < -0.4 is 10.5 Å². The van der Waals surface area contributed by atoms with Crippen LogP contribution in [0.15, 0.2) is 35.5 Å². The average molecular weight is 358 g/mol. The van der Waals surface area contributed by atoms with Gasteiger partial charge in [-0.05, 0) is 31.7 Å². The number of hydrogen-bond acceptors (Lipinski definition) is 5. The first-order chi connectivity index (χ1) is 12.5. The van der Waals surface area contributed by atoms with Crippen molar-refractivity contribution >= 4 is 11.6 Å². The van der Waals surface area contributed by atoms with E-state index in [1.54, 1.807) is 12.4 Å². The molecule has 2 aromatic heterocycles. The van der Waals surface area contributed by atoms with Crippen LogP contribution in [0, 0.1) is 0 Å². The van der Waals surface area contributed by atoms with Gasteiger partial charge in [-0.2, -0.15) is 10.2 Å². The molecule has 0 radical (unpaired) electrons. The van der Waals surface area contributed by atoms with Crippen LogP contribution in [-0.4, -0.2) is 57.1 Å². The van der Waals surface area contributed by atoms with E-state index in [0.717, 1.165) is 44.5 Å². The van der Waals surface area contributed by atoms with Gasteiger partial charge in [0.15, 0.2) is 0 Å². The second-order valence-corrected chi connectivity index (χ2v) is 6.90. The monoisotopic (exact) mass is 358 g/mol. The van der Waals surface area contributed by atoms with Gasteiger partial charge >= 0.3 is 0 Å². The number of carbonyl (C=O) groups is 1. The van der Waals surface area contributed by atoms with Crippen LogP contribution in [-0.2, 0) is 17.9 Å². The van der Waals surface area contributed by atoms with Gasteiger partial charge in [-0.1, -0.05) is 0 Å². The third-order valence-corrected chi connectivity index (χ3v) is 4.85. The molecule has 8 nitrogen and oxygen atoms in total. The SMILES string of the molecule is CN(C)c1cnn(CC(=O)N2CCCCC2CCn2cccn2)c(=O)c1. The van der Waals surface area contributed by atoms with Crippen molar-refractivity contribution in [3.05, 3.63) is 41.1 Å². The van der Waals surface area contributed by atoms with Crippen molar-refractivity contribution in [1.82, 2.24) is 24.5 Å². The summed E-state index contributed by atoms with van der Waals surface area (Å²) in [7, 11) is 3.70. The molecule has 1 saturated heterocycles. The van der Waals surface area contributed by atoms with Gasteiger partial charge in [0.05, 0.1) is 11.9 Å². The maximum Gasteiger partial charge on any atom is 0.269 e. The lowest BCUT2D eigenvalue weighted by Crippen LogP contribution is -2.46. The normalized spacial score (nSPS) is 17.3. The topological polar surface area (TPSA) is 76.3 Å². The molecular formula is C18H26N6O2. The molecule has 1 aliphatic heterocycles. The molecule has 2 aromatic rings. The molecule has 140 valence electrons. The van der Waals surface area contributed by atoms with Gasteiger partial charge in [-0.3, -0.25) is 14.3 Å². The molecule has 0 N–H and O–H groups in total. The molecule has 0 aliphatic carbocycles. The van der Waals surface area contributed by atoms with Gasteiger partial charge in [0.25, 0.3) is 5.56 Å². The lowest BCUT2D eigenvalue weighted by Gasteiger charge is -2.36. The first kappa shape index (κ1) is 18.2. The maximum atomic E-state index is 12.8. The Kier molecular flexibility index (Phi) is 5.70. The Bertz CT molecular complexity index is 783. The summed E-state index contributed by atoms with van der Waals surface area (Å²) in [6, 6.07) is 3.60. The maximum absolute atomic E-state index is 12.8. The summed E-state index contributed by atoms with van der Waals surface area (Å²) in [5, 5.41) is 8.37. The highest BCUT2D eigenvalue weighted by atomic mass is 16.2. The summed E-state index contributed by atoms with van der Waals surface area (Å²) in [4.78, 5) is 28.8. The molecule has 0 bridgehead atoms. The van der Waals surface area contributed by atoms with Crippen LogP contribution in [0.5, 0.6) is 0 Å². The number of hydrogen-bond donors (Lipinski definition) is 0. The summed E-state index contributed by atoms with van der Waals surface area (Å²) >= 11 is 0. The number of likely N-dealkylation sites (tertiary alicyclic amines) is 1. The van der Waals surface area contributed by atoms with Gasteiger partial charge in [-0.25, -0.2) is 4.68 Å². The van der Waals surface area contributed by atoms with E-state index in [2.05, 4.69) is 10.2 Å². The fourth-order valence-electron chi connectivity index (χ4n) is 3.35. The van der Waals surface area contributed by atoms with Crippen molar-refractivity contribution < 1.29 is 4.79 Å². The molecule has 0 aromatic carbocycles. The molecule has 3 heterocycles. The molecule has 1 amide bonds. The molecule has 1 atom stereocenters. The Labute approximate surface area is 153 Å². The van der Waals surface area contributed by atoms with E-state index >= 15 is 0 Å². The van der Waals surface area contributed by atoms with Crippen molar-refractivity contribution in [1.29, 1.82) is 0 Å². The van der Waals surface area contributed by atoms with Gasteiger partial charge in [0, 0.05) is 51.7 Å². The highest BCUT2D eigenvalue weighted by Gasteiger charge is 2.27. The lowest BCUT2D eigenvalue weighted by atomic mass is 9.99. The van der Waals surface area contributed by atoms with Crippen molar-refractivity contribution in [2.75, 3.05) is 25.5 Å². The Morgan fingerprint density at radius 3 is 2.85 bits per heavy atom. The zero-order valence-electron chi connectivity index (χ0n) is 15.4. The Morgan fingerprint density at radius 1 is 1.31 bits per heavy atom. The van der Waals surface area contributed by atoms with Gasteiger partial charge in [0.2, 0.25) is 5.91 Å². The van der Waals surface area contributed by atoms with E-state index in [9.17, 15) is 9.59 Å². The minimum absolute atomic E-state index is 0.00912. The molecule has 0 spiro atoms. The number of aryl methyl sites for hydroxylation is 1. The van der Waals surface area contributed by atoms with E-state index < -0.39 is 0 Å². The molecular weight excluding hydrogens is 332 g/mol. The number of amides is 1. The zero-order valence-corrected chi connectivity index (χ0v) is 15.4. The molecule has 0 saturated carbocycles. The summed E-state index contributed by atoms with van der Waals surface area (Å²) in [6.07, 6.45) is 9.31. The highest BCUT2D eigenvalue weighted by molar-refractivity contribution is 5.76. The number of nitrogens with zero attached hydrogens (tertiary/aromatic N) is 6. The van der Waals surface area contributed by atoms with E-state index in [1.165, 1.54) is 10.7 Å². The van der Waals surface area contributed by atoms with Crippen LogP contribution in [0.3, 0.4) is 0 Å². The summed E-state index contributed by atoms with van der Waals surface area (Å²) in [5.74, 6) is -0.0395. The van der Waals surface area contributed by atoms with Gasteiger partial charge < -0.3 is 9.80 Å². The van der Waals surface area contributed by atoms with Crippen LogP contribution in [0.1, 0.15) is 25.7 Å². The van der Waals surface area contributed by atoms with E-state index in [4.69, 9.17) is 0 Å². The third-order valence-electron chi connectivity index (χ3n) is 4.85. The fraction of sp³-hybridized carbons (Fsp3) is 0.556.